The minimum Gasteiger partial charge on any atom is -0.478 e. The van der Waals surface area contributed by atoms with Crippen LogP contribution in [0, 0.1) is 0 Å². The summed E-state index contributed by atoms with van der Waals surface area (Å²) in [5, 5.41) is 8.75. The number of carboxylic acid groups (broad SMARTS) is 1. The van der Waals surface area contributed by atoms with Gasteiger partial charge in [-0.2, -0.15) is 0 Å². The van der Waals surface area contributed by atoms with Gasteiger partial charge in [-0.05, 0) is 23.8 Å². The molecular formula is C9H7BrO3. The SMILES string of the molecule is O=CCc1cc(Br)ccc1C(=O)O. The first kappa shape index (κ1) is 9.92. The van der Waals surface area contributed by atoms with Crippen molar-refractivity contribution in [2.75, 3.05) is 0 Å². The fourth-order valence-electron chi connectivity index (χ4n) is 1.03. The quantitative estimate of drug-likeness (QED) is 0.824. The first-order valence-corrected chi connectivity index (χ1v) is 4.40. The van der Waals surface area contributed by atoms with E-state index in [0.717, 1.165) is 4.47 Å². The third-order valence-electron chi connectivity index (χ3n) is 1.60. The molecule has 0 unspecified atom stereocenters. The van der Waals surface area contributed by atoms with Crippen LogP contribution < -0.4 is 0 Å². The van der Waals surface area contributed by atoms with Crippen molar-refractivity contribution in [3.05, 3.63) is 33.8 Å². The van der Waals surface area contributed by atoms with E-state index in [0.29, 0.717) is 11.8 Å². The summed E-state index contributed by atoms with van der Waals surface area (Å²) >= 11 is 3.21. The molecule has 0 atom stereocenters. The second-order valence-electron chi connectivity index (χ2n) is 2.48. The molecule has 0 radical (unpaired) electrons. The summed E-state index contributed by atoms with van der Waals surface area (Å²) in [5.41, 5.74) is 0.701. The van der Waals surface area contributed by atoms with Gasteiger partial charge in [0.05, 0.1) is 5.56 Å². The van der Waals surface area contributed by atoms with Gasteiger partial charge in [0.25, 0.3) is 0 Å². The molecule has 0 aliphatic carbocycles. The van der Waals surface area contributed by atoms with E-state index >= 15 is 0 Å². The summed E-state index contributed by atoms with van der Waals surface area (Å²) in [6.07, 6.45) is 0.815. The Hall–Kier alpha value is -1.16. The molecule has 1 N–H and O–H groups in total. The Morgan fingerprint density at radius 1 is 1.54 bits per heavy atom. The molecule has 4 heteroatoms. The molecule has 1 rings (SSSR count). The molecule has 1 aromatic rings. The van der Waals surface area contributed by atoms with E-state index in [1.165, 1.54) is 6.07 Å². The molecule has 3 nitrogen and oxygen atoms in total. The van der Waals surface area contributed by atoms with Crippen molar-refractivity contribution in [2.45, 2.75) is 6.42 Å². The van der Waals surface area contributed by atoms with Gasteiger partial charge in [-0.25, -0.2) is 4.79 Å². The maximum Gasteiger partial charge on any atom is 0.335 e. The summed E-state index contributed by atoms with van der Waals surface area (Å²) in [6.45, 7) is 0. The van der Waals surface area contributed by atoms with E-state index in [9.17, 15) is 9.59 Å². The van der Waals surface area contributed by atoms with Crippen molar-refractivity contribution in [3.8, 4) is 0 Å². The minimum absolute atomic E-state index is 0.126. The summed E-state index contributed by atoms with van der Waals surface area (Å²) in [7, 11) is 0. The van der Waals surface area contributed by atoms with Crippen LogP contribution in [0.4, 0.5) is 0 Å². The Morgan fingerprint density at radius 3 is 2.77 bits per heavy atom. The second kappa shape index (κ2) is 4.18. The molecular weight excluding hydrogens is 236 g/mol. The zero-order chi connectivity index (χ0) is 9.84. The third kappa shape index (κ3) is 2.39. The number of carboxylic acids is 1. The minimum atomic E-state index is -1.01. The van der Waals surface area contributed by atoms with Gasteiger partial charge in [-0.1, -0.05) is 15.9 Å². The molecule has 0 heterocycles. The van der Waals surface area contributed by atoms with Crippen molar-refractivity contribution in [1.29, 1.82) is 0 Å². The van der Waals surface area contributed by atoms with Gasteiger partial charge >= 0.3 is 5.97 Å². The number of carbonyl (C=O) groups excluding carboxylic acids is 1. The van der Waals surface area contributed by atoms with E-state index in [-0.39, 0.29) is 12.0 Å². The lowest BCUT2D eigenvalue weighted by Crippen LogP contribution is -2.02. The van der Waals surface area contributed by atoms with Crippen molar-refractivity contribution in [2.24, 2.45) is 0 Å². The van der Waals surface area contributed by atoms with E-state index in [4.69, 9.17) is 5.11 Å². The predicted octanol–water partition coefficient (Wildman–Crippen LogP) is 1.89. The van der Waals surface area contributed by atoms with Gasteiger partial charge in [-0.15, -0.1) is 0 Å². The first-order chi connectivity index (χ1) is 6.15. The lowest BCUT2D eigenvalue weighted by molar-refractivity contribution is -0.107. The van der Waals surface area contributed by atoms with E-state index < -0.39 is 5.97 Å². The first-order valence-electron chi connectivity index (χ1n) is 3.60. The van der Waals surface area contributed by atoms with E-state index in [1.54, 1.807) is 12.1 Å². The fraction of sp³-hybridized carbons (Fsp3) is 0.111. The highest BCUT2D eigenvalue weighted by atomic mass is 79.9. The molecule has 0 aliphatic heterocycles. The second-order valence-corrected chi connectivity index (χ2v) is 3.39. The maximum absolute atomic E-state index is 10.7. The number of halogens is 1. The van der Waals surface area contributed by atoms with Crippen LogP contribution in [0.15, 0.2) is 22.7 Å². The number of rotatable bonds is 3. The van der Waals surface area contributed by atoms with Gasteiger partial charge in [0.2, 0.25) is 0 Å². The van der Waals surface area contributed by atoms with Crippen LogP contribution in [-0.2, 0) is 11.2 Å². The molecule has 68 valence electrons. The zero-order valence-electron chi connectivity index (χ0n) is 6.66. The van der Waals surface area contributed by atoms with Crippen LogP contribution in [0.5, 0.6) is 0 Å². The maximum atomic E-state index is 10.7. The molecule has 0 aliphatic rings. The highest BCUT2D eigenvalue weighted by molar-refractivity contribution is 9.10. The number of hydrogen-bond acceptors (Lipinski definition) is 2. The van der Waals surface area contributed by atoms with Crippen LogP contribution in [-0.4, -0.2) is 17.4 Å². The summed E-state index contributed by atoms with van der Waals surface area (Å²) in [6, 6.07) is 4.75. The van der Waals surface area contributed by atoms with E-state index in [1.807, 2.05) is 0 Å². The van der Waals surface area contributed by atoms with Gasteiger partial charge in [-0.3, -0.25) is 0 Å². The van der Waals surface area contributed by atoms with Crippen molar-refractivity contribution >= 4 is 28.2 Å². The lowest BCUT2D eigenvalue weighted by atomic mass is 10.1. The Kier molecular flexibility index (Phi) is 3.19. The Labute approximate surface area is 83.5 Å². The number of aldehydes is 1. The highest BCUT2D eigenvalue weighted by Gasteiger charge is 2.09. The monoisotopic (exact) mass is 242 g/mol. The summed E-state index contributed by atoms with van der Waals surface area (Å²) in [4.78, 5) is 20.9. The van der Waals surface area contributed by atoms with Gasteiger partial charge in [0.1, 0.15) is 6.29 Å². The largest absolute Gasteiger partial charge is 0.478 e. The number of benzene rings is 1. The molecule has 0 bridgehead atoms. The Balaban J connectivity index is 3.17. The molecule has 0 amide bonds. The normalized spacial score (nSPS) is 9.62. The number of carbonyl (C=O) groups is 2. The zero-order valence-corrected chi connectivity index (χ0v) is 8.24. The van der Waals surface area contributed by atoms with Crippen molar-refractivity contribution in [3.63, 3.8) is 0 Å². The van der Waals surface area contributed by atoms with Crippen LogP contribution in [0.3, 0.4) is 0 Å². The predicted molar refractivity (Wildman–Crippen MR) is 50.9 cm³/mol. The average molecular weight is 243 g/mol. The van der Waals surface area contributed by atoms with Gasteiger partial charge in [0.15, 0.2) is 0 Å². The molecule has 1 aromatic carbocycles. The molecule has 0 saturated carbocycles. The lowest BCUT2D eigenvalue weighted by Gasteiger charge is -2.02. The van der Waals surface area contributed by atoms with Crippen molar-refractivity contribution in [1.82, 2.24) is 0 Å². The van der Waals surface area contributed by atoms with Gasteiger partial charge in [0, 0.05) is 10.9 Å². The fourth-order valence-corrected chi connectivity index (χ4v) is 1.44. The average Bonchev–Trinajstić information content (AvgIpc) is 2.04. The summed E-state index contributed by atoms with van der Waals surface area (Å²) in [5.74, 6) is -1.01. The molecule has 0 saturated heterocycles. The molecule has 13 heavy (non-hydrogen) atoms. The van der Waals surface area contributed by atoms with E-state index in [2.05, 4.69) is 15.9 Å². The topological polar surface area (TPSA) is 54.4 Å². The van der Waals surface area contributed by atoms with Crippen LogP contribution in [0.25, 0.3) is 0 Å². The molecule has 0 fully saturated rings. The molecule has 0 spiro atoms. The Morgan fingerprint density at radius 2 is 2.23 bits per heavy atom. The van der Waals surface area contributed by atoms with Crippen LogP contribution in [0.1, 0.15) is 15.9 Å². The highest BCUT2D eigenvalue weighted by Crippen LogP contribution is 2.16. The summed E-state index contributed by atoms with van der Waals surface area (Å²) < 4.78 is 0.773. The van der Waals surface area contributed by atoms with Crippen molar-refractivity contribution < 1.29 is 14.7 Å². The molecule has 0 aromatic heterocycles. The van der Waals surface area contributed by atoms with Gasteiger partial charge < -0.3 is 9.90 Å². The van der Waals surface area contributed by atoms with Crippen LogP contribution in [0.2, 0.25) is 0 Å². The number of aromatic carboxylic acids is 1. The Bertz CT molecular complexity index is 347. The smallest absolute Gasteiger partial charge is 0.335 e. The number of hydrogen-bond donors (Lipinski definition) is 1. The van der Waals surface area contributed by atoms with Crippen LogP contribution >= 0.6 is 15.9 Å². The third-order valence-corrected chi connectivity index (χ3v) is 2.09. The standard InChI is InChI=1S/C9H7BrO3/c10-7-1-2-8(9(12)13)6(5-7)3-4-11/h1-2,4-5H,3H2,(H,12,13).